The molecule has 3 heterocycles. The summed E-state index contributed by atoms with van der Waals surface area (Å²) in [4.78, 5) is 11.1. The predicted octanol–water partition coefficient (Wildman–Crippen LogP) is 2.90. The predicted molar refractivity (Wildman–Crippen MR) is 102 cm³/mol. The second-order valence-corrected chi connectivity index (χ2v) is 6.97. The molecule has 1 aliphatic heterocycles. The van der Waals surface area contributed by atoms with Gasteiger partial charge in [-0.2, -0.15) is 5.10 Å². The fourth-order valence-corrected chi connectivity index (χ4v) is 3.80. The number of anilines is 1. The average molecular weight is 348 g/mol. The number of H-pyrrole nitrogens is 1. The van der Waals surface area contributed by atoms with Crippen LogP contribution in [0.25, 0.3) is 11.3 Å². The fourth-order valence-electron chi connectivity index (χ4n) is 3.80. The molecule has 6 nitrogen and oxygen atoms in total. The molecule has 26 heavy (non-hydrogen) atoms. The third kappa shape index (κ3) is 3.75. The number of nitrogens with one attached hydrogen (secondary N) is 1. The van der Waals surface area contributed by atoms with Gasteiger partial charge in [0.05, 0.1) is 17.6 Å². The van der Waals surface area contributed by atoms with E-state index in [1.165, 1.54) is 24.0 Å². The van der Waals surface area contributed by atoms with E-state index in [0.717, 1.165) is 37.4 Å². The van der Waals surface area contributed by atoms with E-state index < -0.39 is 0 Å². The van der Waals surface area contributed by atoms with Crippen molar-refractivity contribution in [2.45, 2.75) is 25.8 Å². The molecule has 0 amide bonds. The zero-order valence-electron chi connectivity index (χ0n) is 14.8. The summed E-state index contributed by atoms with van der Waals surface area (Å²) < 4.78 is 0. The van der Waals surface area contributed by atoms with E-state index in [-0.39, 0.29) is 0 Å². The van der Waals surface area contributed by atoms with Crippen LogP contribution in [0.4, 0.5) is 5.82 Å². The van der Waals surface area contributed by atoms with Crippen LogP contribution in [0.5, 0.6) is 0 Å². The van der Waals surface area contributed by atoms with Crippen molar-refractivity contribution in [2.24, 2.45) is 5.92 Å². The Hall–Kier alpha value is -2.73. The first kappa shape index (κ1) is 16.7. The quantitative estimate of drug-likeness (QED) is 0.741. The van der Waals surface area contributed by atoms with Crippen molar-refractivity contribution in [3.63, 3.8) is 0 Å². The van der Waals surface area contributed by atoms with Crippen molar-refractivity contribution in [3.05, 3.63) is 60.2 Å². The molecular formula is C20H24N6. The molecule has 134 valence electrons. The zero-order valence-corrected chi connectivity index (χ0v) is 14.8. The molecule has 1 aromatic carbocycles. The number of likely N-dealkylation sites (tertiary alicyclic amines) is 1. The average Bonchev–Trinajstić information content (AvgIpc) is 3.13. The molecule has 0 aliphatic carbocycles. The second kappa shape index (κ2) is 7.66. The van der Waals surface area contributed by atoms with Crippen LogP contribution in [0.2, 0.25) is 0 Å². The third-order valence-corrected chi connectivity index (χ3v) is 5.07. The number of aromatic nitrogens is 4. The summed E-state index contributed by atoms with van der Waals surface area (Å²) >= 11 is 0. The van der Waals surface area contributed by atoms with Crippen LogP contribution >= 0.6 is 0 Å². The summed E-state index contributed by atoms with van der Waals surface area (Å²) in [7, 11) is 0. The topological polar surface area (TPSA) is 83.7 Å². The second-order valence-electron chi connectivity index (χ2n) is 6.97. The molecule has 1 atom stereocenters. The SMILES string of the molecule is Nc1nccnc1C[C@@H]1CCCN(Cc2cn[nH]c2-c2ccccc2)C1. The number of hydrogen-bond donors (Lipinski definition) is 2. The van der Waals surface area contributed by atoms with Crippen LogP contribution in [0, 0.1) is 5.92 Å². The van der Waals surface area contributed by atoms with Gasteiger partial charge in [-0.25, -0.2) is 4.98 Å². The minimum Gasteiger partial charge on any atom is -0.382 e. The largest absolute Gasteiger partial charge is 0.382 e. The van der Waals surface area contributed by atoms with Gasteiger partial charge in [0.25, 0.3) is 0 Å². The van der Waals surface area contributed by atoms with Crippen molar-refractivity contribution in [1.29, 1.82) is 0 Å². The van der Waals surface area contributed by atoms with Gasteiger partial charge in [-0.05, 0) is 37.3 Å². The van der Waals surface area contributed by atoms with E-state index in [0.29, 0.717) is 11.7 Å². The van der Waals surface area contributed by atoms with E-state index >= 15 is 0 Å². The molecule has 0 spiro atoms. The van der Waals surface area contributed by atoms with Crippen LogP contribution in [-0.4, -0.2) is 38.2 Å². The lowest BCUT2D eigenvalue weighted by Gasteiger charge is -2.32. The van der Waals surface area contributed by atoms with E-state index in [1.54, 1.807) is 12.4 Å². The number of rotatable bonds is 5. The molecule has 0 radical (unpaired) electrons. The van der Waals surface area contributed by atoms with E-state index in [4.69, 9.17) is 5.73 Å². The van der Waals surface area contributed by atoms with Crippen molar-refractivity contribution in [1.82, 2.24) is 25.1 Å². The zero-order chi connectivity index (χ0) is 17.8. The Morgan fingerprint density at radius 3 is 2.85 bits per heavy atom. The van der Waals surface area contributed by atoms with Gasteiger partial charge in [0.1, 0.15) is 5.82 Å². The molecule has 0 bridgehead atoms. The van der Waals surface area contributed by atoms with Crippen LogP contribution in [0.3, 0.4) is 0 Å². The number of hydrogen-bond acceptors (Lipinski definition) is 5. The van der Waals surface area contributed by atoms with Crippen molar-refractivity contribution in [3.8, 4) is 11.3 Å². The Balaban J connectivity index is 1.43. The molecule has 2 aromatic heterocycles. The highest BCUT2D eigenvalue weighted by Gasteiger charge is 2.22. The monoisotopic (exact) mass is 348 g/mol. The Kier molecular flexibility index (Phi) is 4.93. The number of piperidine rings is 1. The Morgan fingerprint density at radius 1 is 1.15 bits per heavy atom. The summed E-state index contributed by atoms with van der Waals surface area (Å²) in [5.41, 5.74) is 10.4. The molecule has 3 N–H and O–H groups in total. The van der Waals surface area contributed by atoms with Gasteiger partial charge in [0, 0.05) is 31.0 Å². The van der Waals surface area contributed by atoms with Gasteiger partial charge in [-0.1, -0.05) is 30.3 Å². The number of benzene rings is 1. The summed E-state index contributed by atoms with van der Waals surface area (Å²) in [6.45, 7) is 3.08. The summed E-state index contributed by atoms with van der Waals surface area (Å²) in [5, 5.41) is 7.43. The maximum atomic E-state index is 5.97. The Bertz CT molecular complexity index is 844. The van der Waals surface area contributed by atoms with E-state index in [9.17, 15) is 0 Å². The van der Waals surface area contributed by atoms with Crippen LogP contribution in [0.1, 0.15) is 24.1 Å². The van der Waals surface area contributed by atoms with E-state index in [2.05, 4.69) is 49.3 Å². The van der Waals surface area contributed by atoms with Gasteiger partial charge in [0.2, 0.25) is 0 Å². The van der Waals surface area contributed by atoms with Gasteiger partial charge >= 0.3 is 0 Å². The van der Waals surface area contributed by atoms with Gasteiger partial charge in [-0.3, -0.25) is 15.0 Å². The molecule has 1 fully saturated rings. The summed E-state index contributed by atoms with van der Waals surface area (Å²) in [6.07, 6.45) is 8.63. The Labute approximate surface area is 153 Å². The van der Waals surface area contributed by atoms with Gasteiger partial charge in [-0.15, -0.1) is 0 Å². The Morgan fingerprint density at radius 2 is 2.00 bits per heavy atom. The van der Waals surface area contributed by atoms with Gasteiger partial charge < -0.3 is 5.73 Å². The minimum absolute atomic E-state index is 0.561. The molecule has 3 aromatic rings. The maximum absolute atomic E-state index is 5.97. The van der Waals surface area contributed by atoms with Crippen molar-refractivity contribution in [2.75, 3.05) is 18.8 Å². The fraction of sp³-hybridized carbons (Fsp3) is 0.350. The van der Waals surface area contributed by atoms with E-state index in [1.807, 2.05) is 12.3 Å². The minimum atomic E-state index is 0.561. The molecule has 1 aliphatic rings. The smallest absolute Gasteiger partial charge is 0.145 e. The van der Waals surface area contributed by atoms with Crippen molar-refractivity contribution < 1.29 is 0 Å². The number of nitrogens with two attached hydrogens (primary N) is 1. The first-order valence-electron chi connectivity index (χ1n) is 9.15. The maximum Gasteiger partial charge on any atom is 0.145 e. The first-order valence-corrected chi connectivity index (χ1v) is 9.15. The highest BCUT2D eigenvalue weighted by molar-refractivity contribution is 5.62. The normalized spacial score (nSPS) is 18.1. The molecule has 1 saturated heterocycles. The van der Waals surface area contributed by atoms with Crippen LogP contribution < -0.4 is 5.73 Å². The highest BCUT2D eigenvalue weighted by Crippen LogP contribution is 2.26. The number of nitrogen functional groups attached to an aromatic ring is 1. The summed E-state index contributed by atoms with van der Waals surface area (Å²) in [5.74, 6) is 1.13. The first-order chi connectivity index (χ1) is 12.8. The molecule has 0 saturated carbocycles. The molecule has 6 heteroatoms. The van der Waals surface area contributed by atoms with Gasteiger partial charge in [0.15, 0.2) is 0 Å². The standard InChI is InChI=1S/C20H24N6/c21-20-18(22-8-9-23-20)11-15-5-4-10-26(13-15)14-17-12-24-25-19(17)16-6-2-1-3-7-16/h1-3,6-9,12,15H,4-5,10-11,13-14H2,(H2,21,23)(H,24,25)/t15-/m0/s1. The number of nitrogens with zero attached hydrogens (tertiary/aromatic N) is 4. The molecular weight excluding hydrogens is 324 g/mol. The lowest BCUT2D eigenvalue weighted by atomic mass is 9.93. The molecule has 4 rings (SSSR count). The highest BCUT2D eigenvalue weighted by atomic mass is 15.2. The lowest BCUT2D eigenvalue weighted by molar-refractivity contribution is 0.166. The lowest BCUT2D eigenvalue weighted by Crippen LogP contribution is -2.36. The van der Waals surface area contributed by atoms with Crippen molar-refractivity contribution >= 4 is 5.82 Å². The van der Waals surface area contributed by atoms with Crippen LogP contribution in [0.15, 0.2) is 48.9 Å². The number of aromatic amines is 1. The third-order valence-electron chi connectivity index (χ3n) is 5.07. The summed E-state index contributed by atoms with van der Waals surface area (Å²) in [6, 6.07) is 10.4. The van der Waals surface area contributed by atoms with Crippen LogP contribution in [-0.2, 0) is 13.0 Å². The molecule has 0 unspecified atom stereocenters.